The van der Waals surface area contributed by atoms with Gasteiger partial charge in [0, 0.05) is 5.39 Å². The highest BCUT2D eigenvalue weighted by molar-refractivity contribution is 6.17. The number of carbonyl (C=O) groups excluding carboxylic acids is 1. The minimum atomic E-state index is -0.0747. The second-order valence-corrected chi connectivity index (χ2v) is 5.13. The lowest BCUT2D eigenvalue weighted by molar-refractivity contribution is 0.103. The molecule has 1 aromatic heterocycles. The maximum absolute atomic E-state index is 12.9. The third kappa shape index (κ3) is 2.21. The molecule has 0 N–H and O–H groups in total. The number of aryl methyl sites for hydroxylation is 2. The molecular weight excluding hydrogens is 264 g/mol. The number of rotatable bonds is 3. The standard InChI is InChI=1S/C18H16O3/c1-11-8-12(2)17(16(9-11)20-3)18(19)14-10-21-15-7-5-4-6-13(14)15/h4-10H,1-3H3. The topological polar surface area (TPSA) is 39.4 Å². The smallest absolute Gasteiger partial charge is 0.200 e. The van der Waals surface area contributed by atoms with E-state index in [1.807, 2.05) is 50.2 Å². The van der Waals surface area contributed by atoms with Crippen molar-refractivity contribution in [3.05, 3.63) is 64.9 Å². The van der Waals surface area contributed by atoms with Crippen LogP contribution in [-0.4, -0.2) is 12.9 Å². The fourth-order valence-electron chi connectivity index (χ4n) is 2.67. The fraction of sp³-hybridized carbons (Fsp3) is 0.167. The Labute approximate surface area is 123 Å². The Morgan fingerprint density at radius 1 is 1.14 bits per heavy atom. The van der Waals surface area contributed by atoms with Crippen LogP contribution in [0, 0.1) is 13.8 Å². The van der Waals surface area contributed by atoms with Crippen molar-refractivity contribution < 1.29 is 13.9 Å². The number of benzene rings is 2. The summed E-state index contributed by atoms with van der Waals surface area (Å²) in [6.45, 7) is 3.90. The summed E-state index contributed by atoms with van der Waals surface area (Å²) in [7, 11) is 1.58. The molecule has 0 saturated carbocycles. The third-order valence-corrected chi connectivity index (χ3v) is 3.62. The molecule has 0 radical (unpaired) electrons. The number of ether oxygens (including phenoxy) is 1. The maximum Gasteiger partial charge on any atom is 0.200 e. The van der Waals surface area contributed by atoms with Crippen LogP contribution in [0.3, 0.4) is 0 Å². The second-order valence-electron chi connectivity index (χ2n) is 5.13. The molecule has 106 valence electrons. The van der Waals surface area contributed by atoms with Crippen LogP contribution in [0.15, 0.2) is 47.1 Å². The molecule has 0 aliphatic rings. The average Bonchev–Trinajstić information content (AvgIpc) is 2.89. The van der Waals surface area contributed by atoms with Crippen molar-refractivity contribution in [1.29, 1.82) is 0 Å². The Kier molecular flexibility index (Phi) is 3.26. The molecule has 0 bridgehead atoms. The Balaban J connectivity index is 2.19. The van der Waals surface area contributed by atoms with E-state index in [-0.39, 0.29) is 5.78 Å². The third-order valence-electron chi connectivity index (χ3n) is 3.62. The molecule has 0 spiro atoms. The van der Waals surface area contributed by atoms with E-state index in [4.69, 9.17) is 9.15 Å². The molecule has 0 atom stereocenters. The van der Waals surface area contributed by atoms with Gasteiger partial charge in [0.25, 0.3) is 0 Å². The summed E-state index contributed by atoms with van der Waals surface area (Å²) < 4.78 is 10.9. The van der Waals surface area contributed by atoms with Crippen LogP contribution in [0.1, 0.15) is 27.0 Å². The van der Waals surface area contributed by atoms with Crippen molar-refractivity contribution in [3.8, 4) is 5.75 Å². The van der Waals surface area contributed by atoms with Crippen LogP contribution in [0.25, 0.3) is 11.0 Å². The van der Waals surface area contributed by atoms with Gasteiger partial charge in [-0.3, -0.25) is 4.79 Å². The van der Waals surface area contributed by atoms with Gasteiger partial charge in [0.2, 0.25) is 5.78 Å². The van der Waals surface area contributed by atoms with Crippen LogP contribution in [0.5, 0.6) is 5.75 Å². The number of fused-ring (bicyclic) bond motifs is 1. The van der Waals surface area contributed by atoms with Gasteiger partial charge in [-0.1, -0.05) is 24.3 Å². The molecule has 0 saturated heterocycles. The van der Waals surface area contributed by atoms with Crippen molar-refractivity contribution in [1.82, 2.24) is 0 Å². The minimum Gasteiger partial charge on any atom is -0.496 e. The maximum atomic E-state index is 12.9. The number of furan rings is 1. The minimum absolute atomic E-state index is 0.0747. The highest BCUT2D eigenvalue weighted by Crippen LogP contribution is 2.30. The number of para-hydroxylation sites is 1. The molecule has 3 aromatic rings. The number of methoxy groups -OCH3 is 1. The lowest BCUT2D eigenvalue weighted by atomic mass is 9.96. The van der Waals surface area contributed by atoms with E-state index in [2.05, 4.69) is 0 Å². The summed E-state index contributed by atoms with van der Waals surface area (Å²) >= 11 is 0. The van der Waals surface area contributed by atoms with Crippen molar-refractivity contribution >= 4 is 16.8 Å². The van der Waals surface area contributed by atoms with E-state index in [9.17, 15) is 4.79 Å². The molecule has 2 aromatic carbocycles. The van der Waals surface area contributed by atoms with Gasteiger partial charge in [-0.2, -0.15) is 0 Å². The fourth-order valence-corrected chi connectivity index (χ4v) is 2.67. The van der Waals surface area contributed by atoms with Gasteiger partial charge in [-0.15, -0.1) is 0 Å². The monoisotopic (exact) mass is 280 g/mol. The molecule has 3 rings (SSSR count). The summed E-state index contributed by atoms with van der Waals surface area (Å²) in [5.74, 6) is 0.525. The SMILES string of the molecule is COc1cc(C)cc(C)c1C(=O)c1coc2ccccc12. The first-order valence-corrected chi connectivity index (χ1v) is 6.78. The number of carbonyl (C=O) groups is 1. The summed E-state index contributed by atoms with van der Waals surface area (Å²) in [6.07, 6.45) is 1.52. The Morgan fingerprint density at radius 3 is 2.67 bits per heavy atom. The second kappa shape index (κ2) is 5.09. The van der Waals surface area contributed by atoms with Gasteiger partial charge >= 0.3 is 0 Å². The number of ketones is 1. The summed E-state index contributed by atoms with van der Waals surface area (Å²) in [5.41, 5.74) is 3.84. The first-order valence-electron chi connectivity index (χ1n) is 6.78. The van der Waals surface area contributed by atoms with Gasteiger partial charge < -0.3 is 9.15 Å². The lowest BCUT2D eigenvalue weighted by Gasteiger charge is -2.11. The normalized spacial score (nSPS) is 10.8. The van der Waals surface area contributed by atoms with E-state index in [0.717, 1.165) is 16.5 Å². The van der Waals surface area contributed by atoms with Crippen molar-refractivity contribution in [2.75, 3.05) is 7.11 Å². The van der Waals surface area contributed by atoms with Crippen LogP contribution in [0.4, 0.5) is 0 Å². The highest BCUT2D eigenvalue weighted by atomic mass is 16.5. The predicted molar refractivity (Wildman–Crippen MR) is 82.1 cm³/mol. The van der Waals surface area contributed by atoms with Crippen LogP contribution in [0.2, 0.25) is 0 Å². The van der Waals surface area contributed by atoms with E-state index in [1.165, 1.54) is 6.26 Å². The molecule has 0 aliphatic carbocycles. The zero-order valence-corrected chi connectivity index (χ0v) is 12.3. The van der Waals surface area contributed by atoms with Crippen LogP contribution < -0.4 is 4.74 Å². The molecule has 0 fully saturated rings. The van der Waals surface area contributed by atoms with E-state index in [1.54, 1.807) is 7.11 Å². The number of hydrogen-bond donors (Lipinski definition) is 0. The van der Waals surface area contributed by atoms with E-state index in [0.29, 0.717) is 22.5 Å². The Bertz CT molecular complexity index is 828. The summed E-state index contributed by atoms with van der Waals surface area (Å²) in [4.78, 5) is 12.9. The van der Waals surface area contributed by atoms with Crippen molar-refractivity contribution in [3.63, 3.8) is 0 Å². The van der Waals surface area contributed by atoms with E-state index < -0.39 is 0 Å². The highest BCUT2D eigenvalue weighted by Gasteiger charge is 2.21. The quantitative estimate of drug-likeness (QED) is 0.672. The molecule has 1 heterocycles. The molecule has 0 amide bonds. The molecule has 0 unspecified atom stereocenters. The first kappa shape index (κ1) is 13.4. The Morgan fingerprint density at radius 2 is 1.90 bits per heavy atom. The predicted octanol–water partition coefficient (Wildman–Crippen LogP) is 4.29. The lowest BCUT2D eigenvalue weighted by Crippen LogP contribution is -2.06. The summed E-state index contributed by atoms with van der Waals surface area (Å²) in [5, 5.41) is 0.824. The largest absolute Gasteiger partial charge is 0.496 e. The average molecular weight is 280 g/mol. The summed E-state index contributed by atoms with van der Waals surface area (Å²) in [6, 6.07) is 11.4. The van der Waals surface area contributed by atoms with Gasteiger partial charge in [0.1, 0.15) is 17.6 Å². The van der Waals surface area contributed by atoms with Gasteiger partial charge in [0.05, 0.1) is 18.2 Å². The zero-order chi connectivity index (χ0) is 15.0. The Hall–Kier alpha value is -2.55. The zero-order valence-electron chi connectivity index (χ0n) is 12.3. The van der Waals surface area contributed by atoms with Crippen LogP contribution >= 0.6 is 0 Å². The number of hydrogen-bond acceptors (Lipinski definition) is 3. The van der Waals surface area contributed by atoms with Crippen molar-refractivity contribution in [2.24, 2.45) is 0 Å². The molecule has 3 heteroatoms. The molecule has 0 aliphatic heterocycles. The van der Waals surface area contributed by atoms with Gasteiger partial charge in [0.15, 0.2) is 0 Å². The van der Waals surface area contributed by atoms with Crippen molar-refractivity contribution in [2.45, 2.75) is 13.8 Å². The van der Waals surface area contributed by atoms with Gasteiger partial charge in [-0.05, 0) is 37.1 Å². The van der Waals surface area contributed by atoms with E-state index >= 15 is 0 Å². The molecule has 21 heavy (non-hydrogen) atoms. The first-order chi connectivity index (χ1) is 10.1. The van der Waals surface area contributed by atoms with Gasteiger partial charge in [-0.25, -0.2) is 0 Å². The molecular formula is C18H16O3. The van der Waals surface area contributed by atoms with Crippen LogP contribution in [-0.2, 0) is 0 Å². The molecule has 3 nitrogen and oxygen atoms in total.